The SMILES string of the molecule is C[C@H](N)C(=O)N1CCN2CCCCC2C1. The van der Waals surface area contributed by atoms with Gasteiger partial charge in [0, 0.05) is 25.7 Å². The molecule has 1 amide bonds. The molecule has 0 aromatic rings. The van der Waals surface area contributed by atoms with Crippen LogP contribution in [0.3, 0.4) is 0 Å². The molecule has 0 aromatic heterocycles. The summed E-state index contributed by atoms with van der Waals surface area (Å²) in [6, 6.07) is 0.246. The van der Waals surface area contributed by atoms with Gasteiger partial charge >= 0.3 is 0 Å². The lowest BCUT2D eigenvalue weighted by Gasteiger charge is -2.44. The van der Waals surface area contributed by atoms with E-state index in [1.807, 2.05) is 4.90 Å². The number of rotatable bonds is 1. The predicted octanol–water partition coefficient (Wildman–Crippen LogP) is 0.0303. The molecule has 2 heterocycles. The Morgan fingerprint density at radius 2 is 2.13 bits per heavy atom. The zero-order chi connectivity index (χ0) is 10.8. The number of piperazine rings is 1. The third-order valence-corrected chi connectivity index (χ3v) is 3.54. The van der Waals surface area contributed by atoms with Crippen molar-refractivity contribution in [1.29, 1.82) is 0 Å². The highest BCUT2D eigenvalue weighted by atomic mass is 16.2. The van der Waals surface area contributed by atoms with E-state index in [0.717, 1.165) is 19.6 Å². The van der Waals surface area contributed by atoms with E-state index in [1.54, 1.807) is 6.92 Å². The summed E-state index contributed by atoms with van der Waals surface area (Å²) in [7, 11) is 0. The van der Waals surface area contributed by atoms with Gasteiger partial charge in [-0.05, 0) is 26.3 Å². The number of carbonyl (C=O) groups is 1. The monoisotopic (exact) mass is 211 g/mol. The summed E-state index contributed by atoms with van der Waals surface area (Å²) in [6.07, 6.45) is 3.86. The molecule has 4 heteroatoms. The molecule has 2 rings (SSSR count). The van der Waals surface area contributed by atoms with E-state index in [1.165, 1.54) is 25.8 Å². The minimum Gasteiger partial charge on any atom is -0.339 e. The number of nitrogens with zero attached hydrogens (tertiary/aromatic N) is 2. The zero-order valence-corrected chi connectivity index (χ0v) is 9.48. The van der Waals surface area contributed by atoms with Crippen molar-refractivity contribution < 1.29 is 4.79 Å². The van der Waals surface area contributed by atoms with Gasteiger partial charge in [0.25, 0.3) is 0 Å². The minimum absolute atomic E-state index is 0.111. The predicted molar refractivity (Wildman–Crippen MR) is 59.4 cm³/mol. The van der Waals surface area contributed by atoms with E-state index in [2.05, 4.69) is 4.90 Å². The molecule has 0 bridgehead atoms. The van der Waals surface area contributed by atoms with Crippen LogP contribution in [0.25, 0.3) is 0 Å². The quantitative estimate of drug-likeness (QED) is 0.666. The van der Waals surface area contributed by atoms with Gasteiger partial charge in [0.05, 0.1) is 6.04 Å². The Morgan fingerprint density at radius 3 is 2.87 bits per heavy atom. The van der Waals surface area contributed by atoms with Crippen LogP contribution in [0.1, 0.15) is 26.2 Å². The Morgan fingerprint density at radius 1 is 1.33 bits per heavy atom. The highest BCUT2D eigenvalue weighted by Gasteiger charge is 2.31. The summed E-state index contributed by atoms with van der Waals surface area (Å²) in [5, 5.41) is 0. The average molecular weight is 211 g/mol. The Hall–Kier alpha value is -0.610. The lowest BCUT2D eigenvalue weighted by molar-refractivity contribution is -0.135. The van der Waals surface area contributed by atoms with Crippen molar-refractivity contribution in [1.82, 2.24) is 9.80 Å². The Balaban J connectivity index is 1.93. The standard InChI is InChI=1S/C11H21N3O/c1-9(12)11(15)14-7-6-13-5-3-2-4-10(13)8-14/h9-10H,2-8,12H2,1H3/t9-,10?/m0/s1. The molecule has 0 radical (unpaired) electrons. The van der Waals surface area contributed by atoms with Gasteiger partial charge in [0.2, 0.25) is 5.91 Å². The molecular formula is C11H21N3O. The van der Waals surface area contributed by atoms with E-state index in [0.29, 0.717) is 6.04 Å². The second-order valence-corrected chi connectivity index (χ2v) is 4.76. The fourth-order valence-electron chi connectivity index (χ4n) is 2.64. The molecule has 2 aliphatic heterocycles. The van der Waals surface area contributed by atoms with Crippen LogP contribution >= 0.6 is 0 Å². The molecule has 2 atom stereocenters. The van der Waals surface area contributed by atoms with Crippen LogP contribution in [0, 0.1) is 0 Å². The molecule has 0 aliphatic carbocycles. The zero-order valence-electron chi connectivity index (χ0n) is 9.48. The van der Waals surface area contributed by atoms with E-state index in [4.69, 9.17) is 5.73 Å². The smallest absolute Gasteiger partial charge is 0.239 e. The summed E-state index contributed by atoms with van der Waals surface area (Å²) in [5.74, 6) is 0.111. The Labute approximate surface area is 91.4 Å². The van der Waals surface area contributed by atoms with Crippen molar-refractivity contribution in [2.24, 2.45) is 5.73 Å². The number of piperidine rings is 1. The van der Waals surface area contributed by atoms with E-state index in [-0.39, 0.29) is 11.9 Å². The molecule has 4 nitrogen and oxygen atoms in total. The summed E-state index contributed by atoms with van der Waals surface area (Å²) < 4.78 is 0. The third-order valence-electron chi connectivity index (χ3n) is 3.54. The first-order valence-corrected chi connectivity index (χ1v) is 5.97. The normalized spacial score (nSPS) is 29.7. The average Bonchev–Trinajstić information content (AvgIpc) is 2.27. The highest BCUT2D eigenvalue weighted by molar-refractivity contribution is 5.81. The van der Waals surface area contributed by atoms with Crippen molar-refractivity contribution in [3.8, 4) is 0 Å². The first-order chi connectivity index (χ1) is 7.18. The van der Waals surface area contributed by atoms with Gasteiger partial charge in [-0.3, -0.25) is 9.69 Å². The summed E-state index contributed by atoms with van der Waals surface area (Å²) in [5.41, 5.74) is 5.63. The topological polar surface area (TPSA) is 49.6 Å². The van der Waals surface area contributed by atoms with Gasteiger partial charge in [-0.15, -0.1) is 0 Å². The van der Waals surface area contributed by atoms with Crippen molar-refractivity contribution in [3.63, 3.8) is 0 Å². The molecule has 2 aliphatic rings. The van der Waals surface area contributed by atoms with Crippen molar-refractivity contribution in [2.45, 2.75) is 38.3 Å². The van der Waals surface area contributed by atoms with Crippen LogP contribution < -0.4 is 5.73 Å². The molecule has 0 aromatic carbocycles. The fraction of sp³-hybridized carbons (Fsp3) is 0.909. The van der Waals surface area contributed by atoms with E-state index in [9.17, 15) is 4.79 Å². The summed E-state index contributed by atoms with van der Waals surface area (Å²) in [4.78, 5) is 16.2. The van der Waals surface area contributed by atoms with Gasteiger partial charge in [0.15, 0.2) is 0 Å². The molecule has 86 valence electrons. The molecule has 0 spiro atoms. The van der Waals surface area contributed by atoms with Gasteiger partial charge in [-0.1, -0.05) is 6.42 Å². The molecule has 2 saturated heterocycles. The van der Waals surface area contributed by atoms with Crippen LogP contribution in [-0.2, 0) is 4.79 Å². The largest absolute Gasteiger partial charge is 0.339 e. The number of fused-ring (bicyclic) bond motifs is 1. The van der Waals surface area contributed by atoms with E-state index < -0.39 is 0 Å². The van der Waals surface area contributed by atoms with Crippen LogP contribution in [-0.4, -0.2) is 54.0 Å². The second kappa shape index (κ2) is 4.49. The Kier molecular flexibility index (Phi) is 3.26. The first kappa shape index (κ1) is 10.9. The van der Waals surface area contributed by atoms with Crippen LogP contribution in [0.2, 0.25) is 0 Å². The fourth-order valence-corrected chi connectivity index (χ4v) is 2.64. The molecule has 0 saturated carbocycles. The second-order valence-electron chi connectivity index (χ2n) is 4.76. The lowest BCUT2D eigenvalue weighted by Crippen LogP contribution is -2.58. The maximum atomic E-state index is 11.8. The number of nitrogens with two attached hydrogens (primary N) is 1. The van der Waals surface area contributed by atoms with Crippen molar-refractivity contribution >= 4 is 5.91 Å². The minimum atomic E-state index is -0.347. The van der Waals surface area contributed by atoms with Gasteiger partial charge in [0.1, 0.15) is 0 Å². The molecule has 2 N–H and O–H groups in total. The molecule has 2 fully saturated rings. The Bertz CT molecular complexity index is 242. The van der Waals surface area contributed by atoms with Crippen molar-refractivity contribution in [2.75, 3.05) is 26.2 Å². The maximum Gasteiger partial charge on any atom is 0.239 e. The third kappa shape index (κ3) is 2.32. The van der Waals surface area contributed by atoms with Gasteiger partial charge in [-0.25, -0.2) is 0 Å². The van der Waals surface area contributed by atoms with Crippen LogP contribution in [0.4, 0.5) is 0 Å². The summed E-state index contributed by atoms with van der Waals surface area (Å²) >= 11 is 0. The van der Waals surface area contributed by atoms with Gasteiger partial charge < -0.3 is 10.6 Å². The number of amides is 1. The van der Waals surface area contributed by atoms with Crippen molar-refractivity contribution in [3.05, 3.63) is 0 Å². The molecule has 1 unspecified atom stereocenters. The van der Waals surface area contributed by atoms with Gasteiger partial charge in [-0.2, -0.15) is 0 Å². The number of hydrogen-bond acceptors (Lipinski definition) is 3. The molecular weight excluding hydrogens is 190 g/mol. The van der Waals surface area contributed by atoms with Crippen LogP contribution in [0.5, 0.6) is 0 Å². The number of hydrogen-bond donors (Lipinski definition) is 1. The number of carbonyl (C=O) groups excluding carboxylic acids is 1. The maximum absolute atomic E-state index is 11.8. The first-order valence-electron chi connectivity index (χ1n) is 5.97. The van der Waals surface area contributed by atoms with Crippen LogP contribution in [0.15, 0.2) is 0 Å². The summed E-state index contributed by atoms with van der Waals surface area (Å²) in [6.45, 7) is 5.76. The van der Waals surface area contributed by atoms with E-state index >= 15 is 0 Å². The molecule has 15 heavy (non-hydrogen) atoms. The highest BCUT2D eigenvalue weighted by Crippen LogP contribution is 2.21. The lowest BCUT2D eigenvalue weighted by atomic mass is 9.99.